The minimum atomic E-state index is -3.63. The third kappa shape index (κ3) is 4.61. The molecule has 1 N–H and O–H groups in total. The SMILES string of the molecule is Cc1ccc(S(=O)(=O)Nc2ccc(OCc3ccc(F)cc3)cc2)cc1. The molecule has 134 valence electrons. The second-order valence-corrected chi connectivity index (χ2v) is 7.54. The van der Waals surface area contributed by atoms with E-state index in [0.29, 0.717) is 18.0 Å². The average molecular weight is 371 g/mol. The standard InChI is InChI=1S/C20H18FNO3S/c1-15-2-12-20(13-3-15)26(23,24)22-18-8-10-19(11-9-18)25-14-16-4-6-17(21)7-5-16/h2-13,22H,14H2,1H3. The van der Waals surface area contributed by atoms with Crippen LogP contribution in [0.15, 0.2) is 77.7 Å². The molecular formula is C20H18FNO3S. The Balaban J connectivity index is 1.63. The molecule has 0 bridgehead atoms. The van der Waals surface area contributed by atoms with E-state index >= 15 is 0 Å². The van der Waals surface area contributed by atoms with Crippen molar-refractivity contribution in [1.82, 2.24) is 0 Å². The lowest BCUT2D eigenvalue weighted by Crippen LogP contribution is -2.12. The summed E-state index contributed by atoms with van der Waals surface area (Å²) in [5.41, 5.74) is 2.28. The molecule has 4 nitrogen and oxygen atoms in total. The zero-order valence-electron chi connectivity index (χ0n) is 14.1. The molecule has 0 aromatic heterocycles. The van der Waals surface area contributed by atoms with Gasteiger partial charge in [-0.3, -0.25) is 4.72 Å². The maximum absolute atomic E-state index is 12.9. The highest BCUT2D eigenvalue weighted by Gasteiger charge is 2.13. The van der Waals surface area contributed by atoms with Gasteiger partial charge in [0.15, 0.2) is 0 Å². The number of hydrogen-bond acceptors (Lipinski definition) is 3. The van der Waals surface area contributed by atoms with Crippen molar-refractivity contribution in [2.75, 3.05) is 4.72 Å². The van der Waals surface area contributed by atoms with Crippen molar-refractivity contribution < 1.29 is 17.5 Å². The number of sulfonamides is 1. The molecule has 0 saturated heterocycles. The highest BCUT2D eigenvalue weighted by Crippen LogP contribution is 2.20. The van der Waals surface area contributed by atoms with Gasteiger partial charge in [0.2, 0.25) is 0 Å². The van der Waals surface area contributed by atoms with Crippen LogP contribution in [0.1, 0.15) is 11.1 Å². The fourth-order valence-electron chi connectivity index (χ4n) is 2.30. The number of halogens is 1. The number of rotatable bonds is 6. The van der Waals surface area contributed by atoms with Crippen LogP contribution in [-0.2, 0) is 16.6 Å². The minimum absolute atomic E-state index is 0.208. The van der Waals surface area contributed by atoms with E-state index < -0.39 is 10.0 Å². The molecular weight excluding hydrogens is 353 g/mol. The molecule has 3 aromatic carbocycles. The Morgan fingerprint density at radius 1 is 0.885 bits per heavy atom. The van der Waals surface area contributed by atoms with Crippen LogP contribution in [0, 0.1) is 12.7 Å². The zero-order chi connectivity index (χ0) is 18.6. The first-order chi connectivity index (χ1) is 12.4. The second kappa shape index (κ2) is 7.58. The molecule has 0 unspecified atom stereocenters. The molecule has 0 radical (unpaired) electrons. The number of nitrogens with one attached hydrogen (secondary N) is 1. The fourth-order valence-corrected chi connectivity index (χ4v) is 3.36. The quantitative estimate of drug-likeness (QED) is 0.693. The summed E-state index contributed by atoms with van der Waals surface area (Å²) in [6.07, 6.45) is 0. The Bertz CT molecular complexity index is 967. The Morgan fingerprint density at radius 2 is 1.50 bits per heavy atom. The van der Waals surface area contributed by atoms with Crippen LogP contribution in [-0.4, -0.2) is 8.42 Å². The van der Waals surface area contributed by atoms with E-state index in [1.165, 1.54) is 12.1 Å². The third-order valence-electron chi connectivity index (χ3n) is 3.76. The van der Waals surface area contributed by atoms with Crippen LogP contribution in [0.25, 0.3) is 0 Å². The molecule has 0 spiro atoms. The van der Waals surface area contributed by atoms with E-state index in [1.54, 1.807) is 60.7 Å². The van der Waals surface area contributed by atoms with Gasteiger partial charge in [-0.15, -0.1) is 0 Å². The van der Waals surface area contributed by atoms with Gasteiger partial charge in [-0.1, -0.05) is 29.8 Å². The van der Waals surface area contributed by atoms with Gasteiger partial charge in [-0.05, 0) is 61.0 Å². The van der Waals surface area contributed by atoms with Gasteiger partial charge in [0.05, 0.1) is 4.90 Å². The van der Waals surface area contributed by atoms with Crippen molar-refractivity contribution in [2.45, 2.75) is 18.4 Å². The lowest BCUT2D eigenvalue weighted by Gasteiger charge is -2.10. The maximum Gasteiger partial charge on any atom is 0.261 e. The molecule has 0 aliphatic carbocycles. The smallest absolute Gasteiger partial charge is 0.261 e. The molecule has 0 aliphatic heterocycles. The van der Waals surface area contributed by atoms with Gasteiger partial charge in [0.1, 0.15) is 18.2 Å². The first-order valence-electron chi connectivity index (χ1n) is 7.99. The van der Waals surface area contributed by atoms with Crippen LogP contribution < -0.4 is 9.46 Å². The summed E-state index contributed by atoms with van der Waals surface area (Å²) in [5, 5.41) is 0. The first-order valence-corrected chi connectivity index (χ1v) is 9.47. The molecule has 0 saturated carbocycles. The Hall–Kier alpha value is -2.86. The van der Waals surface area contributed by atoms with Crippen LogP contribution in [0.2, 0.25) is 0 Å². The van der Waals surface area contributed by atoms with Crippen molar-refractivity contribution in [3.63, 3.8) is 0 Å². The van der Waals surface area contributed by atoms with Crippen LogP contribution >= 0.6 is 0 Å². The Morgan fingerprint density at radius 3 is 2.12 bits per heavy atom. The van der Waals surface area contributed by atoms with Gasteiger partial charge < -0.3 is 4.74 Å². The van der Waals surface area contributed by atoms with Crippen molar-refractivity contribution in [2.24, 2.45) is 0 Å². The molecule has 0 amide bonds. The van der Waals surface area contributed by atoms with Crippen LogP contribution in [0.5, 0.6) is 5.75 Å². The third-order valence-corrected chi connectivity index (χ3v) is 5.15. The first kappa shape index (κ1) is 17.9. The summed E-state index contributed by atoms with van der Waals surface area (Å²) in [7, 11) is -3.63. The molecule has 3 aromatic rings. The molecule has 26 heavy (non-hydrogen) atoms. The summed E-state index contributed by atoms with van der Waals surface area (Å²) in [5.74, 6) is 0.298. The Kier molecular flexibility index (Phi) is 5.23. The van der Waals surface area contributed by atoms with E-state index in [4.69, 9.17) is 4.74 Å². The van der Waals surface area contributed by atoms with Crippen LogP contribution in [0.4, 0.5) is 10.1 Å². The van der Waals surface area contributed by atoms with E-state index in [9.17, 15) is 12.8 Å². The summed E-state index contributed by atoms with van der Waals surface area (Å²) in [6.45, 7) is 2.20. The predicted octanol–water partition coefficient (Wildman–Crippen LogP) is 4.51. The van der Waals surface area contributed by atoms with E-state index in [2.05, 4.69) is 4.72 Å². The Labute approximate surface area is 152 Å². The van der Waals surface area contributed by atoms with E-state index in [0.717, 1.165) is 11.1 Å². The number of hydrogen-bond donors (Lipinski definition) is 1. The van der Waals surface area contributed by atoms with Crippen molar-refractivity contribution >= 4 is 15.7 Å². The summed E-state index contributed by atoms with van der Waals surface area (Å²) >= 11 is 0. The fraction of sp³-hybridized carbons (Fsp3) is 0.100. The predicted molar refractivity (Wildman–Crippen MR) is 99.2 cm³/mol. The van der Waals surface area contributed by atoms with E-state index in [-0.39, 0.29) is 10.7 Å². The largest absolute Gasteiger partial charge is 0.489 e. The topological polar surface area (TPSA) is 55.4 Å². The number of aryl methyl sites for hydroxylation is 1. The molecule has 0 heterocycles. The van der Waals surface area contributed by atoms with Crippen LogP contribution in [0.3, 0.4) is 0 Å². The lowest BCUT2D eigenvalue weighted by atomic mass is 10.2. The second-order valence-electron chi connectivity index (χ2n) is 5.86. The molecule has 3 rings (SSSR count). The van der Waals surface area contributed by atoms with Crippen molar-refractivity contribution in [3.8, 4) is 5.75 Å². The lowest BCUT2D eigenvalue weighted by molar-refractivity contribution is 0.306. The van der Waals surface area contributed by atoms with Crippen molar-refractivity contribution in [3.05, 3.63) is 89.7 Å². The summed E-state index contributed by atoms with van der Waals surface area (Å²) in [6, 6.07) is 19.3. The van der Waals surface area contributed by atoms with Gasteiger partial charge in [-0.25, -0.2) is 12.8 Å². The van der Waals surface area contributed by atoms with Gasteiger partial charge in [0, 0.05) is 5.69 Å². The summed E-state index contributed by atoms with van der Waals surface area (Å²) in [4.78, 5) is 0.208. The van der Waals surface area contributed by atoms with Crippen molar-refractivity contribution in [1.29, 1.82) is 0 Å². The minimum Gasteiger partial charge on any atom is -0.489 e. The van der Waals surface area contributed by atoms with Gasteiger partial charge in [0.25, 0.3) is 10.0 Å². The van der Waals surface area contributed by atoms with Gasteiger partial charge >= 0.3 is 0 Å². The molecule has 0 fully saturated rings. The average Bonchev–Trinajstić information content (AvgIpc) is 2.62. The normalized spacial score (nSPS) is 11.2. The number of anilines is 1. The monoisotopic (exact) mass is 371 g/mol. The van der Waals surface area contributed by atoms with Gasteiger partial charge in [-0.2, -0.15) is 0 Å². The summed E-state index contributed by atoms with van der Waals surface area (Å²) < 4.78 is 45.8. The highest BCUT2D eigenvalue weighted by atomic mass is 32.2. The zero-order valence-corrected chi connectivity index (χ0v) is 15.0. The number of ether oxygens (including phenoxy) is 1. The molecule has 6 heteroatoms. The molecule has 0 atom stereocenters. The number of benzene rings is 3. The molecule has 0 aliphatic rings. The highest BCUT2D eigenvalue weighted by molar-refractivity contribution is 7.92. The van der Waals surface area contributed by atoms with E-state index in [1.807, 2.05) is 6.92 Å². The maximum atomic E-state index is 12.9.